The lowest BCUT2D eigenvalue weighted by molar-refractivity contribution is 0.0917. The SMILES string of the molecule is CCCNCC(COC)N1CCCN(C)CC1. The van der Waals surface area contributed by atoms with E-state index in [0.717, 1.165) is 19.7 Å². The topological polar surface area (TPSA) is 27.7 Å². The van der Waals surface area contributed by atoms with Crippen molar-refractivity contribution in [3.63, 3.8) is 0 Å². The molecule has 1 N–H and O–H groups in total. The van der Waals surface area contributed by atoms with Gasteiger partial charge in [-0.05, 0) is 39.5 Å². The Morgan fingerprint density at radius 3 is 2.76 bits per heavy atom. The molecule has 0 radical (unpaired) electrons. The molecule has 1 unspecified atom stereocenters. The summed E-state index contributed by atoms with van der Waals surface area (Å²) in [5.41, 5.74) is 0. The van der Waals surface area contributed by atoms with Gasteiger partial charge in [0.15, 0.2) is 0 Å². The summed E-state index contributed by atoms with van der Waals surface area (Å²) in [5.74, 6) is 0. The molecule has 0 spiro atoms. The molecule has 0 aromatic heterocycles. The summed E-state index contributed by atoms with van der Waals surface area (Å²) in [6.45, 7) is 9.95. The minimum absolute atomic E-state index is 0.526. The standard InChI is InChI=1S/C13H29N3O/c1-4-6-14-11-13(12-17-3)16-8-5-7-15(2)9-10-16/h13-14H,4-12H2,1-3H3. The Kier molecular flexibility index (Phi) is 7.77. The van der Waals surface area contributed by atoms with E-state index in [1.165, 1.54) is 39.0 Å². The molecule has 1 aliphatic rings. The fourth-order valence-electron chi connectivity index (χ4n) is 2.36. The molecule has 1 fully saturated rings. The van der Waals surface area contributed by atoms with Gasteiger partial charge in [0.2, 0.25) is 0 Å². The number of nitrogens with one attached hydrogen (secondary N) is 1. The quantitative estimate of drug-likeness (QED) is 0.664. The molecule has 1 aliphatic heterocycles. The van der Waals surface area contributed by atoms with E-state index in [1.54, 1.807) is 7.11 Å². The van der Waals surface area contributed by atoms with Gasteiger partial charge in [-0.1, -0.05) is 6.92 Å². The van der Waals surface area contributed by atoms with Crippen LogP contribution in [0, 0.1) is 0 Å². The van der Waals surface area contributed by atoms with Gasteiger partial charge in [0, 0.05) is 32.8 Å². The number of likely N-dealkylation sites (N-methyl/N-ethyl adjacent to an activating group) is 1. The van der Waals surface area contributed by atoms with Gasteiger partial charge in [-0.25, -0.2) is 0 Å². The molecule has 102 valence electrons. The van der Waals surface area contributed by atoms with Gasteiger partial charge in [-0.3, -0.25) is 4.90 Å². The van der Waals surface area contributed by atoms with Gasteiger partial charge < -0.3 is 15.0 Å². The lowest BCUT2D eigenvalue weighted by atomic mass is 10.2. The number of hydrogen-bond donors (Lipinski definition) is 1. The van der Waals surface area contributed by atoms with Crippen LogP contribution in [-0.4, -0.2) is 75.9 Å². The van der Waals surface area contributed by atoms with Gasteiger partial charge in [-0.2, -0.15) is 0 Å². The predicted octanol–water partition coefficient (Wildman–Crippen LogP) is 0.639. The zero-order valence-corrected chi connectivity index (χ0v) is 11.7. The van der Waals surface area contributed by atoms with Crippen molar-refractivity contribution >= 4 is 0 Å². The number of nitrogens with zero attached hydrogens (tertiary/aromatic N) is 2. The van der Waals surface area contributed by atoms with E-state index in [2.05, 4.69) is 29.1 Å². The molecule has 1 atom stereocenters. The molecule has 0 aromatic rings. The third-order valence-electron chi connectivity index (χ3n) is 3.44. The molecular weight excluding hydrogens is 214 g/mol. The van der Waals surface area contributed by atoms with Crippen molar-refractivity contribution in [3.8, 4) is 0 Å². The van der Waals surface area contributed by atoms with Crippen LogP contribution in [0.25, 0.3) is 0 Å². The Labute approximate surface area is 106 Å². The van der Waals surface area contributed by atoms with Crippen molar-refractivity contribution in [2.75, 3.05) is 60.0 Å². The van der Waals surface area contributed by atoms with Crippen molar-refractivity contribution in [1.82, 2.24) is 15.1 Å². The monoisotopic (exact) mass is 243 g/mol. The van der Waals surface area contributed by atoms with Gasteiger partial charge in [0.05, 0.1) is 6.61 Å². The Morgan fingerprint density at radius 1 is 1.24 bits per heavy atom. The minimum atomic E-state index is 0.526. The average Bonchev–Trinajstić information content (AvgIpc) is 2.53. The summed E-state index contributed by atoms with van der Waals surface area (Å²) in [5, 5.41) is 3.51. The summed E-state index contributed by atoms with van der Waals surface area (Å²) >= 11 is 0. The molecule has 1 saturated heterocycles. The zero-order valence-electron chi connectivity index (χ0n) is 11.7. The van der Waals surface area contributed by atoms with E-state index in [9.17, 15) is 0 Å². The summed E-state index contributed by atoms with van der Waals surface area (Å²) < 4.78 is 5.36. The highest BCUT2D eigenvalue weighted by molar-refractivity contribution is 4.77. The molecule has 0 amide bonds. The van der Waals surface area contributed by atoms with E-state index >= 15 is 0 Å². The minimum Gasteiger partial charge on any atom is -0.383 e. The van der Waals surface area contributed by atoms with Crippen LogP contribution in [0.2, 0.25) is 0 Å². The lowest BCUT2D eigenvalue weighted by Crippen LogP contribution is -2.46. The molecule has 17 heavy (non-hydrogen) atoms. The highest BCUT2D eigenvalue weighted by Crippen LogP contribution is 2.06. The summed E-state index contributed by atoms with van der Waals surface area (Å²) in [6, 6.07) is 0.526. The molecule has 0 aliphatic carbocycles. The molecule has 0 aromatic carbocycles. The smallest absolute Gasteiger partial charge is 0.0630 e. The molecule has 4 nitrogen and oxygen atoms in total. The Balaban J connectivity index is 2.38. The van der Waals surface area contributed by atoms with E-state index < -0.39 is 0 Å². The van der Waals surface area contributed by atoms with Gasteiger partial charge in [0.1, 0.15) is 0 Å². The van der Waals surface area contributed by atoms with E-state index in [4.69, 9.17) is 4.74 Å². The number of ether oxygens (including phenoxy) is 1. The first-order valence-electron chi connectivity index (χ1n) is 6.90. The lowest BCUT2D eigenvalue weighted by Gasteiger charge is -2.30. The summed E-state index contributed by atoms with van der Waals surface area (Å²) in [4.78, 5) is 5.00. The highest BCUT2D eigenvalue weighted by atomic mass is 16.5. The molecule has 1 heterocycles. The van der Waals surface area contributed by atoms with E-state index in [0.29, 0.717) is 6.04 Å². The zero-order chi connectivity index (χ0) is 12.5. The fourth-order valence-corrected chi connectivity index (χ4v) is 2.36. The van der Waals surface area contributed by atoms with Crippen LogP contribution in [-0.2, 0) is 4.74 Å². The Bertz CT molecular complexity index is 190. The first-order valence-corrected chi connectivity index (χ1v) is 6.90. The Morgan fingerprint density at radius 2 is 2.06 bits per heavy atom. The number of rotatable bonds is 7. The molecule has 0 bridgehead atoms. The third-order valence-corrected chi connectivity index (χ3v) is 3.44. The van der Waals surface area contributed by atoms with Crippen molar-refractivity contribution in [3.05, 3.63) is 0 Å². The first kappa shape index (κ1) is 14.9. The second kappa shape index (κ2) is 8.86. The number of hydrogen-bond acceptors (Lipinski definition) is 4. The van der Waals surface area contributed by atoms with Crippen LogP contribution in [0.15, 0.2) is 0 Å². The van der Waals surface area contributed by atoms with Crippen molar-refractivity contribution in [2.45, 2.75) is 25.8 Å². The Hall–Kier alpha value is -0.160. The van der Waals surface area contributed by atoms with Crippen molar-refractivity contribution in [2.24, 2.45) is 0 Å². The normalized spacial score (nSPS) is 21.4. The third kappa shape index (κ3) is 5.82. The van der Waals surface area contributed by atoms with E-state index in [1.807, 2.05) is 0 Å². The van der Waals surface area contributed by atoms with Crippen LogP contribution in [0.3, 0.4) is 0 Å². The molecule has 0 saturated carbocycles. The maximum absolute atomic E-state index is 5.36. The second-order valence-electron chi connectivity index (χ2n) is 5.01. The van der Waals surface area contributed by atoms with Gasteiger partial charge in [-0.15, -0.1) is 0 Å². The fraction of sp³-hybridized carbons (Fsp3) is 1.00. The van der Waals surface area contributed by atoms with Crippen LogP contribution in [0.5, 0.6) is 0 Å². The van der Waals surface area contributed by atoms with E-state index in [-0.39, 0.29) is 0 Å². The van der Waals surface area contributed by atoms with Gasteiger partial charge >= 0.3 is 0 Å². The maximum atomic E-state index is 5.36. The van der Waals surface area contributed by atoms with Crippen molar-refractivity contribution in [1.29, 1.82) is 0 Å². The molecule has 1 rings (SSSR count). The maximum Gasteiger partial charge on any atom is 0.0630 e. The summed E-state index contributed by atoms with van der Waals surface area (Å²) in [7, 11) is 4.01. The highest BCUT2D eigenvalue weighted by Gasteiger charge is 2.20. The average molecular weight is 243 g/mol. The van der Waals surface area contributed by atoms with Crippen LogP contribution < -0.4 is 5.32 Å². The second-order valence-corrected chi connectivity index (χ2v) is 5.01. The largest absolute Gasteiger partial charge is 0.383 e. The number of methoxy groups -OCH3 is 1. The molecule has 4 heteroatoms. The van der Waals surface area contributed by atoms with Crippen LogP contribution >= 0.6 is 0 Å². The van der Waals surface area contributed by atoms with Crippen LogP contribution in [0.1, 0.15) is 19.8 Å². The molecular formula is C13H29N3O. The van der Waals surface area contributed by atoms with Gasteiger partial charge in [0.25, 0.3) is 0 Å². The first-order chi connectivity index (χ1) is 8.27. The van der Waals surface area contributed by atoms with Crippen molar-refractivity contribution < 1.29 is 4.74 Å². The predicted molar refractivity (Wildman–Crippen MR) is 72.5 cm³/mol. The summed E-state index contributed by atoms with van der Waals surface area (Å²) in [6.07, 6.45) is 2.47. The van der Waals surface area contributed by atoms with Crippen LogP contribution in [0.4, 0.5) is 0 Å².